The van der Waals surface area contributed by atoms with Gasteiger partial charge in [0, 0.05) is 46.3 Å². The third-order valence-corrected chi connectivity index (χ3v) is 4.68. The van der Waals surface area contributed by atoms with Crippen molar-refractivity contribution in [3.8, 4) is 0 Å². The Morgan fingerprint density at radius 1 is 1.08 bits per heavy atom. The van der Waals surface area contributed by atoms with Crippen LogP contribution < -0.4 is 9.80 Å². The van der Waals surface area contributed by atoms with Crippen LogP contribution in [0.15, 0.2) is 36.5 Å². The second-order valence-corrected chi connectivity index (χ2v) is 6.64. The van der Waals surface area contributed by atoms with Gasteiger partial charge in [-0.15, -0.1) is 5.10 Å². The molecule has 0 radical (unpaired) electrons. The highest BCUT2D eigenvalue weighted by Crippen LogP contribution is 2.16. The molecule has 0 aliphatic carbocycles. The predicted octanol–water partition coefficient (Wildman–Crippen LogP) is 2.43. The summed E-state index contributed by atoms with van der Waals surface area (Å²) in [6.07, 6.45) is 4.10. The van der Waals surface area contributed by atoms with Crippen molar-refractivity contribution in [2.45, 2.75) is 26.3 Å². The lowest BCUT2D eigenvalue weighted by molar-refractivity contribution is 0.248. The summed E-state index contributed by atoms with van der Waals surface area (Å²) in [5.41, 5.74) is 1.37. The van der Waals surface area contributed by atoms with E-state index in [1.807, 2.05) is 0 Å². The lowest BCUT2D eigenvalue weighted by Gasteiger charge is -2.34. The number of hydrogen-bond acceptors (Lipinski definition) is 6. The summed E-state index contributed by atoms with van der Waals surface area (Å²) in [5, 5.41) is 8.42. The summed E-state index contributed by atoms with van der Waals surface area (Å²) in [4.78, 5) is 11.6. The minimum Gasteiger partial charge on any atom is -0.358 e. The zero-order valence-corrected chi connectivity index (χ0v) is 15.3. The van der Waals surface area contributed by atoms with E-state index >= 15 is 0 Å². The summed E-state index contributed by atoms with van der Waals surface area (Å²) >= 11 is 0. The topological polar surface area (TPSA) is 48.4 Å². The van der Waals surface area contributed by atoms with Crippen molar-refractivity contribution in [2.75, 3.05) is 49.6 Å². The first kappa shape index (κ1) is 17.6. The van der Waals surface area contributed by atoms with Gasteiger partial charge in [-0.3, -0.25) is 4.90 Å². The van der Waals surface area contributed by atoms with Gasteiger partial charge < -0.3 is 9.80 Å². The molecule has 0 bridgehead atoms. The largest absolute Gasteiger partial charge is 0.358 e. The number of rotatable bonds is 7. The van der Waals surface area contributed by atoms with E-state index in [4.69, 9.17) is 4.98 Å². The second-order valence-electron chi connectivity index (χ2n) is 6.64. The Morgan fingerprint density at radius 2 is 1.84 bits per heavy atom. The maximum atomic E-state index is 4.72. The molecule has 6 heteroatoms. The average molecular weight is 340 g/mol. The molecule has 0 spiro atoms. The van der Waals surface area contributed by atoms with Gasteiger partial charge in [0.2, 0.25) is 5.95 Å². The molecule has 6 nitrogen and oxygen atoms in total. The second kappa shape index (κ2) is 8.76. The maximum absolute atomic E-state index is 4.72. The number of hydrogen-bond donors (Lipinski definition) is 0. The molecular formula is C19H28N6. The molecule has 0 amide bonds. The van der Waals surface area contributed by atoms with Crippen molar-refractivity contribution in [2.24, 2.45) is 0 Å². The average Bonchev–Trinajstić information content (AvgIpc) is 2.67. The SMILES string of the molecule is CCCCN(C)c1cnnc(N2CCN(Cc3ccccc3)CC2)n1. The Morgan fingerprint density at radius 3 is 2.56 bits per heavy atom. The van der Waals surface area contributed by atoms with Crippen molar-refractivity contribution < 1.29 is 0 Å². The molecule has 1 aliphatic rings. The first-order chi connectivity index (χ1) is 12.3. The normalized spacial score (nSPS) is 15.4. The Labute approximate surface area is 150 Å². The molecule has 1 aromatic carbocycles. The standard InChI is InChI=1S/C19H28N6/c1-3-4-10-23(2)18-15-20-22-19(21-18)25-13-11-24(12-14-25)16-17-8-6-5-7-9-17/h5-9,15H,3-4,10-14,16H2,1-2H3. The van der Waals surface area contributed by atoms with Crippen LogP contribution in [0.3, 0.4) is 0 Å². The monoisotopic (exact) mass is 340 g/mol. The summed E-state index contributed by atoms with van der Waals surface area (Å²) in [7, 11) is 2.07. The van der Waals surface area contributed by atoms with Crippen LogP contribution in [0.5, 0.6) is 0 Å². The van der Waals surface area contributed by atoms with Crippen molar-refractivity contribution in [1.82, 2.24) is 20.1 Å². The molecule has 1 aliphatic heterocycles. The van der Waals surface area contributed by atoms with Crippen LogP contribution in [0.2, 0.25) is 0 Å². The van der Waals surface area contributed by atoms with Gasteiger partial charge in [0.15, 0.2) is 5.82 Å². The molecule has 0 atom stereocenters. The number of nitrogens with zero attached hydrogens (tertiary/aromatic N) is 6. The number of piperazine rings is 1. The molecule has 1 saturated heterocycles. The van der Waals surface area contributed by atoms with Crippen LogP contribution in [0, 0.1) is 0 Å². The van der Waals surface area contributed by atoms with E-state index in [0.29, 0.717) is 0 Å². The fourth-order valence-corrected chi connectivity index (χ4v) is 3.06. The van der Waals surface area contributed by atoms with Crippen molar-refractivity contribution in [3.63, 3.8) is 0 Å². The van der Waals surface area contributed by atoms with Gasteiger partial charge in [-0.2, -0.15) is 10.1 Å². The van der Waals surface area contributed by atoms with Crippen LogP contribution in [0.1, 0.15) is 25.3 Å². The van der Waals surface area contributed by atoms with E-state index in [0.717, 1.165) is 57.5 Å². The van der Waals surface area contributed by atoms with E-state index in [2.05, 4.69) is 69.2 Å². The van der Waals surface area contributed by atoms with Crippen LogP contribution in [0.4, 0.5) is 11.8 Å². The van der Waals surface area contributed by atoms with Crippen molar-refractivity contribution >= 4 is 11.8 Å². The van der Waals surface area contributed by atoms with Crippen LogP contribution >= 0.6 is 0 Å². The highest BCUT2D eigenvalue weighted by Gasteiger charge is 2.20. The molecule has 1 aromatic heterocycles. The number of unbranched alkanes of at least 4 members (excludes halogenated alkanes) is 1. The van der Waals surface area contributed by atoms with Gasteiger partial charge in [0.05, 0.1) is 6.20 Å². The predicted molar refractivity (Wildman–Crippen MR) is 102 cm³/mol. The van der Waals surface area contributed by atoms with E-state index in [9.17, 15) is 0 Å². The molecule has 1 fully saturated rings. The van der Waals surface area contributed by atoms with Gasteiger partial charge in [-0.1, -0.05) is 43.7 Å². The molecule has 3 rings (SSSR count). The zero-order valence-electron chi connectivity index (χ0n) is 15.3. The number of anilines is 2. The van der Waals surface area contributed by atoms with Crippen molar-refractivity contribution in [3.05, 3.63) is 42.1 Å². The molecule has 2 aromatic rings. The van der Waals surface area contributed by atoms with Gasteiger partial charge in [-0.25, -0.2) is 0 Å². The quantitative estimate of drug-likeness (QED) is 0.771. The molecule has 0 saturated carbocycles. The Balaban J connectivity index is 1.55. The van der Waals surface area contributed by atoms with E-state index in [-0.39, 0.29) is 0 Å². The Hall–Kier alpha value is -2.21. The summed E-state index contributed by atoms with van der Waals surface area (Å²) in [6, 6.07) is 10.7. The van der Waals surface area contributed by atoms with Gasteiger partial charge in [0.1, 0.15) is 0 Å². The molecular weight excluding hydrogens is 312 g/mol. The Kier molecular flexibility index (Phi) is 6.17. The zero-order chi connectivity index (χ0) is 17.5. The first-order valence-electron chi connectivity index (χ1n) is 9.18. The fourth-order valence-electron chi connectivity index (χ4n) is 3.06. The van der Waals surface area contributed by atoms with Gasteiger partial charge >= 0.3 is 0 Å². The fraction of sp³-hybridized carbons (Fsp3) is 0.526. The molecule has 0 unspecified atom stereocenters. The summed E-state index contributed by atoms with van der Waals surface area (Å²) in [5.74, 6) is 1.66. The number of benzene rings is 1. The van der Waals surface area contributed by atoms with Crippen LogP contribution in [0.25, 0.3) is 0 Å². The minimum absolute atomic E-state index is 0.750. The summed E-state index contributed by atoms with van der Waals surface area (Å²) < 4.78 is 0. The highest BCUT2D eigenvalue weighted by atomic mass is 15.4. The lowest BCUT2D eigenvalue weighted by Crippen LogP contribution is -2.46. The van der Waals surface area contributed by atoms with Crippen LogP contribution in [-0.4, -0.2) is 59.9 Å². The molecule has 2 heterocycles. The third kappa shape index (κ3) is 4.89. The van der Waals surface area contributed by atoms with Crippen molar-refractivity contribution in [1.29, 1.82) is 0 Å². The maximum Gasteiger partial charge on any atom is 0.247 e. The van der Waals surface area contributed by atoms with E-state index in [1.165, 1.54) is 12.0 Å². The minimum atomic E-state index is 0.750. The van der Waals surface area contributed by atoms with Gasteiger partial charge in [0.25, 0.3) is 0 Å². The van der Waals surface area contributed by atoms with E-state index < -0.39 is 0 Å². The van der Waals surface area contributed by atoms with E-state index in [1.54, 1.807) is 6.20 Å². The summed E-state index contributed by atoms with van der Waals surface area (Å²) in [6.45, 7) is 8.13. The smallest absolute Gasteiger partial charge is 0.247 e. The third-order valence-electron chi connectivity index (χ3n) is 4.68. The molecule has 25 heavy (non-hydrogen) atoms. The highest BCUT2D eigenvalue weighted by molar-refractivity contribution is 5.41. The molecule has 134 valence electrons. The first-order valence-corrected chi connectivity index (χ1v) is 9.18. The molecule has 0 N–H and O–H groups in total. The lowest BCUT2D eigenvalue weighted by atomic mass is 10.2. The number of aromatic nitrogens is 3. The van der Waals surface area contributed by atoms with Crippen LogP contribution in [-0.2, 0) is 6.54 Å². The van der Waals surface area contributed by atoms with Gasteiger partial charge in [-0.05, 0) is 12.0 Å². The Bertz CT molecular complexity index is 639.